The van der Waals surface area contributed by atoms with E-state index in [9.17, 15) is 5.11 Å². The highest BCUT2D eigenvalue weighted by molar-refractivity contribution is 5.70. The lowest BCUT2D eigenvalue weighted by Gasteiger charge is -2.15. The Kier molecular flexibility index (Phi) is 8.89. The Morgan fingerprint density at radius 3 is 2.14 bits per heavy atom. The first-order valence-electron chi connectivity index (χ1n) is 8.73. The molecule has 0 amide bonds. The third-order valence-electron chi connectivity index (χ3n) is 4.04. The number of aliphatic hydroxyl groups excluding tert-OH is 1. The molecule has 0 spiro atoms. The van der Waals surface area contributed by atoms with Crippen molar-refractivity contribution in [2.75, 3.05) is 0 Å². The molecular formula is C20H32O. The van der Waals surface area contributed by atoms with Crippen molar-refractivity contribution in [3.8, 4) is 0 Å². The highest BCUT2D eigenvalue weighted by atomic mass is 16.3. The van der Waals surface area contributed by atoms with Gasteiger partial charge < -0.3 is 5.11 Å². The third kappa shape index (κ3) is 5.95. The fourth-order valence-electron chi connectivity index (χ4n) is 2.68. The minimum atomic E-state index is 0.620. The van der Waals surface area contributed by atoms with Crippen LogP contribution in [0, 0.1) is 0 Å². The first-order chi connectivity index (χ1) is 10.2. The second kappa shape index (κ2) is 10.5. The van der Waals surface area contributed by atoms with Crippen LogP contribution in [0.15, 0.2) is 30.0 Å². The van der Waals surface area contributed by atoms with Crippen molar-refractivity contribution in [2.45, 2.75) is 78.6 Å². The number of aryl methyl sites for hydroxylation is 1. The molecule has 0 aliphatic heterocycles. The zero-order chi connectivity index (χ0) is 15.5. The SMILES string of the molecule is CCCCC(O)=C(CCCC)c1ccccc1CCCC. The van der Waals surface area contributed by atoms with Crippen LogP contribution in [0.2, 0.25) is 0 Å². The van der Waals surface area contributed by atoms with Gasteiger partial charge in [-0.2, -0.15) is 0 Å². The van der Waals surface area contributed by atoms with Crippen molar-refractivity contribution in [1.82, 2.24) is 0 Å². The molecule has 1 rings (SSSR count). The zero-order valence-corrected chi connectivity index (χ0v) is 14.1. The van der Waals surface area contributed by atoms with Gasteiger partial charge in [0.2, 0.25) is 0 Å². The molecule has 0 saturated heterocycles. The Balaban J connectivity index is 3.07. The lowest BCUT2D eigenvalue weighted by Crippen LogP contribution is -1.98. The van der Waals surface area contributed by atoms with E-state index in [0.717, 1.165) is 38.5 Å². The Morgan fingerprint density at radius 1 is 0.857 bits per heavy atom. The largest absolute Gasteiger partial charge is 0.512 e. The average Bonchev–Trinajstić information content (AvgIpc) is 2.52. The van der Waals surface area contributed by atoms with E-state index < -0.39 is 0 Å². The number of rotatable bonds is 10. The van der Waals surface area contributed by atoms with Crippen LogP contribution in [0.5, 0.6) is 0 Å². The summed E-state index contributed by atoms with van der Waals surface area (Å²) in [5, 5.41) is 10.5. The van der Waals surface area contributed by atoms with Crippen LogP contribution in [-0.4, -0.2) is 5.11 Å². The fourth-order valence-corrected chi connectivity index (χ4v) is 2.68. The van der Waals surface area contributed by atoms with Crippen molar-refractivity contribution in [3.05, 3.63) is 41.2 Å². The molecule has 21 heavy (non-hydrogen) atoms. The van der Waals surface area contributed by atoms with E-state index in [1.807, 2.05) is 0 Å². The van der Waals surface area contributed by atoms with Crippen LogP contribution in [0.3, 0.4) is 0 Å². The van der Waals surface area contributed by atoms with E-state index >= 15 is 0 Å². The number of allylic oxidation sites excluding steroid dienone is 2. The van der Waals surface area contributed by atoms with E-state index in [1.54, 1.807) is 0 Å². The van der Waals surface area contributed by atoms with Crippen molar-refractivity contribution in [1.29, 1.82) is 0 Å². The number of unbranched alkanes of at least 4 members (excludes halogenated alkanes) is 3. The van der Waals surface area contributed by atoms with Gasteiger partial charge in [-0.1, -0.05) is 64.3 Å². The molecule has 0 fully saturated rings. The highest BCUT2D eigenvalue weighted by Crippen LogP contribution is 2.29. The fraction of sp³-hybridized carbons (Fsp3) is 0.600. The van der Waals surface area contributed by atoms with Gasteiger partial charge in [-0.15, -0.1) is 0 Å². The van der Waals surface area contributed by atoms with Crippen LogP contribution in [-0.2, 0) is 6.42 Å². The minimum absolute atomic E-state index is 0.620. The quantitative estimate of drug-likeness (QED) is 0.476. The summed E-state index contributed by atoms with van der Waals surface area (Å²) in [5.41, 5.74) is 3.87. The predicted octanol–water partition coefficient (Wildman–Crippen LogP) is 6.68. The van der Waals surface area contributed by atoms with E-state index in [4.69, 9.17) is 0 Å². The van der Waals surface area contributed by atoms with Crippen LogP contribution < -0.4 is 0 Å². The Labute approximate surface area is 131 Å². The molecule has 118 valence electrons. The molecule has 0 aromatic heterocycles. The van der Waals surface area contributed by atoms with Gasteiger partial charge >= 0.3 is 0 Å². The molecule has 0 radical (unpaired) electrons. The van der Waals surface area contributed by atoms with Gasteiger partial charge in [0.05, 0.1) is 5.76 Å². The van der Waals surface area contributed by atoms with E-state index in [0.29, 0.717) is 5.76 Å². The summed E-state index contributed by atoms with van der Waals surface area (Å²) in [6, 6.07) is 8.64. The summed E-state index contributed by atoms with van der Waals surface area (Å²) < 4.78 is 0. The monoisotopic (exact) mass is 288 g/mol. The molecule has 1 aromatic carbocycles. The van der Waals surface area contributed by atoms with Gasteiger partial charge in [0.1, 0.15) is 0 Å². The molecule has 0 saturated carbocycles. The van der Waals surface area contributed by atoms with E-state index in [-0.39, 0.29) is 0 Å². The average molecular weight is 288 g/mol. The van der Waals surface area contributed by atoms with Crippen LogP contribution in [0.4, 0.5) is 0 Å². The van der Waals surface area contributed by atoms with Gasteiger partial charge in [-0.3, -0.25) is 0 Å². The number of hydrogen-bond donors (Lipinski definition) is 1. The molecule has 0 aliphatic carbocycles. The maximum atomic E-state index is 10.5. The van der Waals surface area contributed by atoms with Crippen LogP contribution in [0.25, 0.3) is 5.57 Å². The summed E-state index contributed by atoms with van der Waals surface area (Å²) in [5.74, 6) is 0.620. The lowest BCUT2D eigenvalue weighted by atomic mass is 9.91. The first-order valence-corrected chi connectivity index (χ1v) is 8.73. The van der Waals surface area contributed by atoms with Crippen molar-refractivity contribution >= 4 is 5.57 Å². The molecule has 1 nitrogen and oxygen atoms in total. The van der Waals surface area contributed by atoms with Crippen molar-refractivity contribution < 1.29 is 5.11 Å². The minimum Gasteiger partial charge on any atom is -0.512 e. The molecule has 0 aliphatic rings. The zero-order valence-electron chi connectivity index (χ0n) is 14.1. The maximum Gasteiger partial charge on any atom is 0.0960 e. The van der Waals surface area contributed by atoms with Gasteiger partial charge in [0.25, 0.3) is 0 Å². The second-order valence-corrected chi connectivity index (χ2v) is 5.89. The second-order valence-electron chi connectivity index (χ2n) is 5.89. The molecule has 1 aromatic rings. The van der Waals surface area contributed by atoms with Crippen molar-refractivity contribution in [2.24, 2.45) is 0 Å². The topological polar surface area (TPSA) is 20.2 Å². The normalized spacial score (nSPS) is 12.3. The van der Waals surface area contributed by atoms with Gasteiger partial charge in [-0.05, 0) is 48.8 Å². The molecule has 0 heterocycles. The smallest absolute Gasteiger partial charge is 0.0960 e. The van der Waals surface area contributed by atoms with Crippen LogP contribution in [0.1, 0.15) is 83.3 Å². The summed E-state index contributed by atoms with van der Waals surface area (Å²) in [6.07, 6.45) is 9.87. The highest BCUT2D eigenvalue weighted by Gasteiger charge is 2.12. The van der Waals surface area contributed by atoms with E-state index in [2.05, 4.69) is 45.0 Å². The molecule has 0 bridgehead atoms. The van der Waals surface area contributed by atoms with Gasteiger partial charge in [0.15, 0.2) is 0 Å². The Hall–Kier alpha value is -1.24. The summed E-state index contributed by atoms with van der Waals surface area (Å²) >= 11 is 0. The standard InChI is InChI=1S/C20H32O/c1-4-7-12-17-13-10-11-15-18(17)19(14-8-5-2)20(21)16-9-6-3/h10-11,13,15,21H,4-9,12,14,16H2,1-3H3. The van der Waals surface area contributed by atoms with E-state index in [1.165, 1.54) is 36.0 Å². The molecule has 0 atom stereocenters. The molecule has 1 heteroatoms. The predicted molar refractivity (Wildman–Crippen MR) is 93.7 cm³/mol. The number of aliphatic hydroxyl groups is 1. The summed E-state index contributed by atoms with van der Waals surface area (Å²) in [7, 11) is 0. The molecular weight excluding hydrogens is 256 g/mol. The number of hydrogen-bond acceptors (Lipinski definition) is 1. The molecule has 0 unspecified atom stereocenters. The van der Waals surface area contributed by atoms with Crippen LogP contribution >= 0.6 is 0 Å². The molecule has 1 N–H and O–H groups in total. The summed E-state index contributed by atoms with van der Waals surface area (Å²) in [6.45, 7) is 6.62. The summed E-state index contributed by atoms with van der Waals surface area (Å²) in [4.78, 5) is 0. The number of benzene rings is 1. The van der Waals surface area contributed by atoms with Gasteiger partial charge in [0, 0.05) is 6.42 Å². The first kappa shape index (κ1) is 17.8. The Morgan fingerprint density at radius 2 is 1.48 bits per heavy atom. The van der Waals surface area contributed by atoms with Crippen molar-refractivity contribution in [3.63, 3.8) is 0 Å². The lowest BCUT2D eigenvalue weighted by molar-refractivity contribution is 0.384. The third-order valence-corrected chi connectivity index (χ3v) is 4.04. The van der Waals surface area contributed by atoms with Gasteiger partial charge in [-0.25, -0.2) is 0 Å². The Bertz CT molecular complexity index is 431. The maximum absolute atomic E-state index is 10.5.